The van der Waals surface area contributed by atoms with Crippen molar-refractivity contribution in [1.29, 1.82) is 0 Å². The van der Waals surface area contributed by atoms with E-state index in [4.69, 9.17) is 0 Å². The van der Waals surface area contributed by atoms with Crippen LogP contribution in [0.5, 0.6) is 0 Å². The van der Waals surface area contributed by atoms with Gasteiger partial charge in [0.25, 0.3) is 5.91 Å². The number of carbonyl (C=O) groups excluding carboxylic acids is 1. The van der Waals surface area contributed by atoms with Gasteiger partial charge in [-0.15, -0.1) is 27.8 Å². The number of fused-ring (bicyclic) bond motifs is 1. The smallest absolute Gasteiger partial charge is 0.325 e. The summed E-state index contributed by atoms with van der Waals surface area (Å²) in [4.78, 5) is 17.4. The van der Waals surface area contributed by atoms with Crippen molar-refractivity contribution in [3.63, 3.8) is 0 Å². The molecule has 0 aliphatic carbocycles. The largest absolute Gasteiger partial charge is 0.418 e. The first-order chi connectivity index (χ1) is 14.9. The lowest BCUT2D eigenvalue weighted by atomic mass is 9.98. The molecule has 0 N–H and O–H groups in total. The van der Waals surface area contributed by atoms with E-state index in [2.05, 4.69) is 10.3 Å². The van der Waals surface area contributed by atoms with Crippen LogP contribution < -0.4 is 0 Å². The number of amides is 1. The van der Waals surface area contributed by atoms with Crippen LogP contribution in [0, 0.1) is 0 Å². The van der Waals surface area contributed by atoms with Crippen LogP contribution in [0.2, 0.25) is 0 Å². The number of hydrogen-bond acceptors (Lipinski definition) is 5. The van der Waals surface area contributed by atoms with Crippen LogP contribution in [0.4, 0.5) is 13.2 Å². The monoisotopic (exact) mass is 460 g/mol. The van der Waals surface area contributed by atoms with Gasteiger partial charge in [0.1, 0.15) is 0 Å². The minimum absolute atomic E-state index is 0.0113. The van der Waals surface area contributed by atoms with Crippen molar-refractivity contribution in [3.05, 3.63) is 86.0 Å². The van der Waals surface area contributed by atoms with E-state index in [0.717, 1.165) is 27.6 Å². The molecule has 1 aromatic carbocycles. The standard InChI is InChI=1S/C21H15F3N4OS2/c22-21(23,24)14-4-1-2-5-16(14)28-12-15(25-26-28)20(29)27-9-7-17-13(8-11-31-17)19(27)18-6-3-10-30-18/h1-6,8,10-12,19H,7,9H2. The molecule has 0 fully saturated rings. The van der Waals surface area contributed by atoms with Crippen LogP contribution in [0.1, 0.15) is 37.4 Å². The molecule has 0 saturated carbocycles. The Labute approximate surface area is 183 Å². The van der Waals surface area contributed by atoms with Gasteiger partial charge >= 0.3 is 6.18 Å². The molecule has 10 heteroatoms. The van der Waals surface area contributed by atoms with E-state index in [9.17, 15) is 18.0 Å². The summed E-state index contributed by atoms with van der Waals surface area (Å²) in [5.74, 6) is -0.356. The summed E-state index contributed by atoms with van der Waals surface area (Å²) in [5.41, 5.74) is 0.0884. The third kappa shape index (κ3) is 3.55. The first-order valence-electron chi connectivity index (χ1n) is 9.43. The van der Waals surface area contributed by atoms with E-state index in [1.54, 1.807) is 27.6 Å². The van der Waals surface area contributed by atoms with E-state index in [-0.39, 0.29) is 23.3 Å². The molecule has 0 bridgehead atoms. The van der Waals surface area contributed by atoms with Gasteiger partial charge in [0.05, 0.1) is 23.5 Å². The van der Waals surface area contributed by atoms with Gasteiger partial charge < -0.3 is 4.90 Å². The van der Waals surface area contributed by atoms with E-state index < -0.39 is 11.7 Å². The van der Waals surface area contributed by atoms with Crippen molar-refractivity contribution in [3.8, 4) is 5.69 Å². The highest BCUT2D eigenvalue weighted by Gasteiger charge is 2.36. The molecule has 5 nitrogen and oxygen atoms in total. The van der Waals surface area contributed by atoms with Crippen LogP contribution in [0.25, 0.3) is 5.69 Å². The lowest BCUT2D eigenvalue weighted by Gasteiger charge is -2.35. The molecule has 0 saturated heterocycles. The van der Waals surface area contributed by atoms with E-state index in [1.807, 2.05) is 29.0 Å². The van der Waals surface area contributed by atoms with Crippen LogP contribution in [-0.2, 0) is 12.6 Å². The lowest BCUT2D eigenvalue weighted by Crippen LogP contribution is -2.40. The van der Waals surface area contributed by atoms with E-state index in [0.29, 0.717) is 6.54 Å². The zero-order valence-corrected chi connectivity index (χ0v) is 17.5. The summed E-state index contributed by atoms with van der Waals surface area (Å²) < 4.78 is 41.1. The summed E-state index contributed by atoms with van der Waals surface area (Å²) in [6.07, 6.45) is -2.55. The van der Waals surface area contributed by atoms with Crippen LogP contribution in [0.15, 0.2) is 59.4 Å². The van der Waals surface area contributed by atoms with Crippen molar-refractivity contribution in [2.24, 2.45) is 0 Å². The zero-order chi connectivity index (χ0) is 21.6. The van der Waals surface area contributed by atoms with Gasteiger partial charge in [-0.2, -0.15) is 13.2 Å². The third-order valence-corrected chi connectivity index (χ3v) is 7.13. The fourth-order valence-electron chi connectivity index (χ4n) is 3.83. The number of hydrogen-bond donors (Lipinski definition) is 0. The summed E-state index contributed by atoms with van der Waals surface area (Å²) >= 11 is 3.23. The maximum Gasteiger partial charge on any atom is 0.418 e. The van der Waals surface area contributed by atoms with Gasteiger partial charge in [-0.25, -0.2) is 4.68 Å². The molecular formula is C21H15F3N4OS2. The van der Waals surface area contributed by atoms with E-state index in [1.165, 1.54) is 29.3 Å². The van der Waals surface area contributed by atoms with Crippen molar-refractivity contribution in [2.75, 3.05) is 6.54 Å². The Balaban J connectivity index is 1.50. The second-order valence-electron chi connectivity index (χ2n) is 7.03. The van der Waals surface area contributed by atoms with Crippen LogP contribution in [0.3, 0.4) is 0 Å². The number of para-hydroxylation sites is 1. The Morgan fingerprint density at radius 1 is 1.06 bits per heavy atom. The predicted octanol–water partition coefficient (Wildman–Crippen LogP) is 5.20. The number of alkyl halides is 3. The summed E-state index contributed by atoms with van der Waals surface area (Å²) in [5, 5.41) is 11.7. The Hall–Kier alpha value is -2.98. The molecule has 0 radical (unpaired) electrons. The van der Waals surface area contributed by atoms with Gasteiger partial charge in [0.15, 0.2) is 5.69 Å². The molecule has 1 amide bonds. The van der Waals surface area contributed by atoms with Gasteiger partial charge in [-0.3, -0.25) is 4.79 Å². The highest BCUT2D eigenvalue weighted by Crippen LogP contribution is 2.40. The number of nitrogens with zero attached hydrogens (tertiary/aromatic N) is 4. The maximum atomic E-state index is 13.4. The molecule has 1 unspecified atom stereocenters. The van der Waals surface area contributed by atoms with Crippen molar-refractivity contribution >= 4 is 28.6 Å². The van der Waals surface area contributed by atoms with Gasteiger partial charge in [-0.05, 0) is 47.0 Å². The molecule has 1 aliphatic heterocycles. The molecule has 1 atom stereocenters. The second-order valence-corrected chi connectivity index (χ2v) is 9.01. The number of carbonyl (C=O) groups is 1. The van der Waals surface area contributed by atoms with Crippen molar-refractivity contribution < 1.29 is 18.0 Å². The third-order valence-electron chi connectivity index (χ3n) is 5.21. The molecule has 1 aliphatic rings. The predicted molar refractivity (Wildman–Crippen MR) is 112 cm³/mol. The molecule has 4 aromatic rings. The first-order valence-corrected chi connectivity index (χ1v) is 11.2. The Morgan fingerprint density at radius 2 is 1.90 bits per heavy atom. The fraction of sp³-hybridized carbons (Fsp3) is 0.190. The van der Waals surface area contributed by atoms with Crippen LogP contribution >= 0.6 is 22.7 Å². The van der Waals surface area contributed by atoms with Gasteiger partial charge in [-0.1, -0.05) is 23.4 Å². The molecule has 0 spiro atoms. The fourth-order valence-corrected chi connectivity index (χ4v) is 5.59. The van der Waals surface area contributed by atoms with Gasteiger partial charge in [0.2, 0.25) is 0 Å². The number of benzene rings is 1. The average Bonchev–Trinajstić information content (AvgIpc) is 3.53. The normalized spacial score (nSPS) is 16.4. The Kier molecular flexibility index (Phi) is 4.90. The highest BCUT2D eigenvalue weighted by molar-refractivity contribution is 7.10. The molecule has 31 heavy (non-hydrogen) atoms. The van der Waals surface area contributed by atoms with E-state index >= 15 is 0 Å². The molecule has 3 aromatic heterocycles. The highest BCUT2D eigenvalue weighted by atomic mass is 32.1. The Morgan fingerprint density at radius 3 is 2.68 bits per heavy atom. The zero-order valence-electron chi connectivity index (χ0n) is 15.9. The minimum atomic E-state index is -4.54. The summed E-state index contributed by atoms with van der Waals surface area (Å²) in [6, 6.07) is 10.8. The topological polar surface area (TPSA) is 51.0 Å². The number of thiophene rings is 2. The first kappa shape index (κ1) is 20.0. The second kappa shape index (κ2) is 7.61. The Bertz CT molecular complexity index is 1230. The van der Waals surface area contributed by atoms with Crippen molar-refractivity contribution in [1.82, 2.24) is 19.9 Å². The van der Waals surface area contributed by atoms with Gasteiger partial charge in [0, 0.05) is 16.3 Å². The summed E-state index contributed by atoms with van der Waals surface area (Å²) in [6.45, 7) is 0.501. The molecule has 158 valence electrons. The van der Waals surface area contributed by atoms with Crippen molar-refractivity contribution in [2.45, 2.75) is 18.6 Å². The summed E-state index contributed by atoms with van der Waals surface area (Å²) in [7, 11) is 0. The number of halogens is 3. The molecular weight excluding hydrogens is 445 g/mol. The van der Waals surface area contributed by atoms with Crippen LogP contribution in [-0.4, -0.2) is 32.3 Å². The lowest BCUT2D eigenvalue weighted by molar-refractivity contribution is -0.137. The average molecular weight is 461 g/mol. The number of rotatable bonds is 3. The minimum Gasteiger partial charge on any atom is -0.325 e. The number of aromatic nitrogens is 3. The maximum absolute atomic E-state index is 13.4. The SMILES string of the molecule is O=C(c1cn(-c2ccccc2C(F)(F)F)nn1)N1CCc2sccc2C1c1cccs1. The quantitative estimate of drug-likeness (QED) is 0.422. The molecule has 5 rings (SSSR count). The molecule has 4 heterocycles.